The van der Waals surface area contributed by atoms with Crippen LogP contribution in [-0.4, -0.2) is 55.0 Å². The van der Waals surface area contributed by atoms with Crippen LogP contribution in [0.2, 0.25) is 10.0 Å². The number of nitrogens with zero attached hydrogens (tertiary/aromatic N) is 3. The molecular formula is C21H25Cl2N3O2. The Hall–Kier alpha value is -1.69. The molecule has 0 atom stereocenters. The van der Waals surface area contributed by atoms with Crippen molar-refractivity contribution in [1.29, 1.82) is 0 Å². The van der Waals surface area contributed by atoms with Gasteiger partial charge in [-0.2, -0.15) is 0 Å². The van der Waals surface area contributed by atoms with Crippen LogP contribution in [0.3, 0.4) is 0 Å². The molecule has 0 saturated carbocycles. The van der Waals surface area contributed by atoms with Gasteiger partial charge in [-0.1, -0.05) is 29.3 Å². The first-order valence-corrected chi connectivity index (χ1v) is 10.6. The van der Waals surface area contributed by atoms with E-state index in [1.165, 1.54) is 0 Å². The van der Waals surface area contributed by atoms with Crippen LogP contribution in [0.4, 0.5) is 5.69 Å². The summed E-state index contributed by atoms with van der Waals surface area (Å²) < 4.78 is 5.43. The molecule has 1 aromatic carbocycles. The number of hydrogen-bond donors (Lipinski definition) is 0. The third kappa shape index (κ3) is 4.32. The topological polar surface area (TPSA) is 39.9 Å². The number of piperazine rings is 1. The highest BCUT2D eigenvalue weighted by atomic mass is 35.5. The van der Waals surface area contributed by atoms with Gasteiger partial charge in [0.05, 0.1) is 28.5 Å². The number of carbonyl (C=O) groups excluding carboxylic acids is 1. The molecule has 0 spiro atoms. The molecule has 3 heterocycles. The Balaban J connectivity index is 1.27. The van der Waals surface area contributed by atoms with E-state index in [9.17, 15) is 4.79 Å². The molecule has 2 aliphatic rings. The second kappa shape index (κ2) is 8.76. The lowest BCUT2D eigenvalue weighted by Gasteiger charge is -2.39. The smallest absolute Gasteiger partial charge is 0.225 e. The fraction of sp³-hybridized carbons (Fsp3) is 0.476. The monoisotopic (exact) mass is 421 g/mol. The molecular weight excluding hydrogens is 397 g/mol. The fourth-order valence-electron chi connectivity index (χ4n) is 4.12. The van der Waals surface area contributed by atoms with Gasteiger partial charge < -0.3 is 14.2 Å². The Kier molecular flexibility index (Phi) is 6.14. The Morgan fingerprint density at radius 2 is 1.75 bits per heavy atom. The van der Waals surface area contributed by atoms with Gasteiger partial charge in [0, 0.05) is 32.1 Å². The number of likely N-dealkylation sites (tertiary alicyclic amines) is 1. The van der Waals surface area contributed by atoms with Crippen LogP contribution in [-0.2, 0) is 11.3 Å². The summed E-state index contributed by atoms with van der Waals surface area (Å²) in [6, 6.07) is 9.62. The highest BCUT2D eigenvalue weighted by Crippen LogP contribution is 2.33. The number of anilines is 1. The van der Waals surface area contributed by atoms with Crippen LogP contribution in [0.1, 0.15) is 18.6 Å². The van der Waals surface area contributed by atoms with Crippen molar-refractivity contribution in [3.8, 4) is 0 Å². The van der Waals surface area contributed by atoms with Crippen molar-refractivity contribution in [3.63, 3.8) is 0 Å². The molecule has 0 radical (unpaired) electrons. The molecule has 7 heteroatoms. The van der Waals surface area contributed by atoms with E-state index in [4.69, 9.17) is 27.6 Å². The maximum Gasteiger partial charge on any atom is 0.225 e. The lowest BCUT2D eigenvalue weighted by molar-refractivity contribution is -0.137. The first-order chi connectivity index (χ1) is 13.6. The molecule has 0 aliphatic carbocycles. The van der Waals surface area contributed by atoms with Crippen LogP contribution >= 0.6 is 23.2 Å². The zero-order valence-corrected chi connectivity index (χ0v) is 17.3. The SMILES string of the molecule is O=C(C1CCN(Cc2ccco2)CC1)N1CCN(c2cccc(Cl)c2Cl)CC1. The molecule has 2 aromatic rings. The zero-order chi connectivity index (χ0) is 19.5. The van der Waals surface area contributed by atoms with E-state index in [1.54, 1.807) is 12.3 Å². The highest BCUT2D eigenvalue weighted by molar-refractivity contribution is 6.43. The number of carbonyl (C=O) groups is 1. The highest BCUT2D eigenvalue weighted by Gasteiger charge is 2.31. The summed E-state index contributed by atoms with van der Waals surface area (Å²) >= 11 is 12.5. The van der Waals surface area contributed by atoms with Gasteiger partial charge in [0.2, 0.25) is 5.91 Å². The van der Waals surface area contributed by atoms with Crippen LogP contribution in [0.15, 0.2) is 41.0 Å². The van der Waals surface area contributed by atoms with E-state index in [0.29, 0.717) is 16.0 Å². The lowest BCUT2D eigenvalue weighted by Crippen LogP contribution is -2.51. The summed E-state index contributed by atoms with van der Waals surface area (Å²) in [4.78, 5) is 19.6. The second-order valence-corrected chi connectivity index (χ2v) is 8.30. The van der Waals surface area contributed by atoms with Gasteiger partial charge in [0.1, 0.15) is 5.76 Å². The summed E-state index contributed by atoms with van der Waals surface area (Å²) in [6.45, 7) is 5.73. The van der Waals surface area contributed by atoms with Crippen LogP contribution in [0, 0.1) is 5.92 Å². The molecule has 0 unspecified atom stereocenters. The van der Waals surface area contributed by atoms with Gasteiger partial charge in [-0.05, 0) is 50.2 Å². The summed E-state index contributed by atoms with van der Waals surface area (Å²) in [5, 5.41) is 1.16. The average Bonchev–Trinajstić information content (AvgIpc) is 3.23. The number of hydrogen-bond acceptors (Lipinski definition) is 4. The summed E-state index contributed by atoms with van der Waals surface area (Å²) in [5.74, 6) is 1.42. The Labute approximate surface area is 175 Å². The van der Waals surface area contributed by atoms with Crippen molar-refractivity contribution < 1.29 is 9.21 Å². The quantitative estimate of drug-likeness (QED) is 0.743. The minimum Gasteiger partial charge on any atom is -0.468 e. The number of rotatable bonds is 4. The van der Waals surface area contributed by atoms with Crippen molar-refractivity contribution in [3.05, 3.63) is 52.4 Å². The van der Waals surface area contributed by atoms with Gasteiger partial charge >= 0.3 is 0 Å². The maximum atomic E-state index is 13.0. The largest absolute Gasteiger partial charge is 0.468 e. The van der Waals surface area contributed by atoms with Crippen molar-refractivity contribution in [2.24, 2.45) is 5.92 Å². The molecule has 1 aromatic heterocycles. The molecule has 2 fully saturated rings. The third-order valence-corrected chi connectivity index (χ3v) is 6.57. The second-order valence-electron chi connectivity index (χ2n) is 7.52. The van der Waals surface area contributed by atoms with E-state index in [-0.39, 0.29) is 5.92 Å². The van der Waals surface area contributed by atoms with Gasteiger partial charge in [-0.3, -0.25) is 9.69 Å². The molecule has 1 amide bonds. The predicted octanol–water partition coefficient (Wildman–Crippen LogP) is 4.15. The number of amides is 1. The molecule has 0 N–H and O–H groups in total. The van der Waals surface area contributed by atoms with Crippen molar-refractivity contribution in [2.75, 3.05) is 44.2 Å². The molecule has 2 aliphatic heterocycles. The third-order valence-electron chi connectivity index (χ3n) is 5.76. The predicted molar refractivity (Wildman–Crippen MR) is 112 cm³/mol. The van der Waals surface area contributed by atoms with Crippen LogP contribution in [0.25, 0.3) is 0 Å². The molecule has 0 bridgehead atoms. The molecule has 150 valence electrons. The average molecular weight is 422 g/mol. The normalized spacial score (nSPS) is 19.2. The fourth-order valence-corrected chi connectivity index (χ4v) is 4.54. The standard InChI is InChI=1S/C21H25Cl2N3O2/c22-18-4-1-5-19(20(18)23)25-10-12-26(13-11-25)21(27)16-6-8-24(9-7-16)15-17-3-2-14-28-17/h1-5,14,16H,6-13,15H2. The van der Waals surface area contributed by atoms with Crippen LogP contribution < -0.4 is 4.90 Å². The van der Waals surface area contributed by atoms with Gasteiger partial charge in [-0.25, -0.2) is 0 Å². The van der Waals surface area contributed by atoms with E-state index >= 15 is 0 Å². The van der Waals surface area contributed by atoms with Crippen molar-refractivity contribution in [2.45, 2.75) is 19.4 Å². The van der Waals surface area contributed by atoms with E-state index in [2.05, 4.69) is 9.80 Å². The summed E-state index contributed by atoms with van der Waals surface area (Å²) in [5.41, 5.74) is 0.951. The number of halogens is 2. The molecule has 5 nitrogen and oxygen atoms in total. The Morgan fingerprint density at radius 3 is 2.43 bits per heavy atom. The molecule has 4 rings (SSSR count). The van der Waals surface area contributed by atoms with E-state index in [0.717, 1.165) is 70.1 Å². The van der Waals surface area contributed by atoms with Gasteiger partial charge in [-0.15, -0.1) is 0 Å². The van der Waals surface area contributed by atoms with Crippen molar-refractivity contribution >= 4 is 34.8 Å². The molecule has 28 heavy (non-hydrogen) atoms. The number of piperidine rings is 1. The first-order valence-electron chi connectivity index (χ1n) is 9.84. The summed E-state index contributed by atoms with van der Waals surface area (Å²) in [6.07, 6.45) is 3.54. The first kappa shape index (κ1) is 19.6. The minimum atomic E-state index is 0.133. The van der Waals surface area contributed by atoms with E-state index in [1.807, 2.05) is 29.2 Å². The maximum absolute atomic E-state index is 13.0. The molecule has 2 saturated heterocycles. The van der Waals surface area contributed by atoms with Crippen molar-refractivity contribution in [1.82, 2.24) is 9.80 Å². The van der Waals surface area contributed by atoms with Crippen LogP contribution in [0.5, 0.6) is 0 Å². The number of furan rings is 1. The minimum absolute atomic E-state index is 0.133. The van der Waals surface area contributed by atoms with Gasteiger partial charge in [0.15, 0.2) is 0 Å². The van der Waals surface area contributed by atoms with E-state index < -0.39 is 0 Å². The zero-order valence-electron chi connectivity index (χ0n) is 15.8. The Bertz CT molecular complexity index is 796. The lowest BCUT2D eigenvalue weighted by atomic mass is 9.95. The number of benzene rings is 1. The summed E-state index contributed by atoms with van der Waals surface area (Å²) in [7, 11) is 0. The Morgan fingerprint density at radius 1 is 1.00 bits per heavy atom. The van der Waals surface area contributed by atoms with Gasteiger partial charge in [0.25, 0.3) is 0 Å².